The minimum Gasteiger partial charge on any atom is -0.480 e. The van der Waals surface area contributed by atoms with Gasteiger partial charge in [0.25, 0.3) is 0 Å². The summed E-state index contributed by atoms with van der Waals surface area (Å²) < 4.78 is 0. The third-order valence-corrected chi connectivity index (χ3v) is 4.09. The molecule has 0 radical (unpaired) electrons. The van der Waals surface area contributed by atoms with Crippen molar-refractivity contribution in [2.24, 2.45) is 0 Å². The molecule has 0 heterocycles. The van der Waals surface area contributed by atoms with E-state index in [1.165, 1.54) is 5.56 Å². The maximum atomic E-state index is 11.8. The van der Waals surface area contributed by atoms with Crippen molar-refractivity contribution in [3.05, 3.63) is 29.8 Å². The molecule has 2 amide bonds. The second kappa shape index (κ2) is 9.89. The van der Waals surface area contributed by atoms with Crippen LogP contribution in [0.15, 0.2) is 24.3 Å². The molecule has 1 unspecified atom stereocenters. The second-order valence-electron chi connectivity index (χ2n) is 4.96. The Balaban J connectivity index is 2.30. The Morgan fingerprint density at radius 2 is 1.70 bits per heavy atom. The van der Waals surface area contributed by atoms with Crippen molar-refractivity contribution >= 4 is 35.2 Å². The van der Waals surface area contributed by atoms with Crippen molar-refractivity contribution < 1.29 is 19.5 Å². The van der Waals surface area contributed by atoms with E-state index in [4.69, 9.17) is 5.11 Å². The van der Waals surface area contributed by atoms with Crippen LogP contribution in [-0.2, 0) is 20.8 Å². The molecule has 1 rings (SSSR count). The Morgan fingerprint density at radius 1 is 1.09 bits per heavy atom. The molecule has 0 fully saturated rings. The number of thioether (sulfide) groups is 1. The molecular formula is C16H22N2O4S. The van der Waals surface area contributed by atoms with Gasteiger partial charge in [0, 0.05) is 5.69 Å². The Morgan fingerprint density at radius 3 is 2.22 bits per heavy atom. The summed E-state index contributed by atoms with van der Waals surface area (Å²) in [4.78, 5) is 34.2. The van der Waals surface area contributed by atoms with E-state index in [9.17, 15) is 14.4 Å². The summed E-state index contributed by atoms with van der Waals surface area (Å²) in [6.07, 6.45) is 1.26. The van der Waals surface area contributed by atoms with Crippen LogP contribution in [0, 0.1) is 0 Å². The summed E-state index contributed by atoms with van der Waals surface area (Å²) >= 11 is 1.14. The van der Waals surface area contributed by atoms with Gasteiger partial charge in [0.2, 0.25) is 11.8 Å². The molecule has 0 spiro atoms. The van der Waals surface area contributed by atoms with Crippen molar-refractivity contribution in [1.29, 1.82) is 0 Å². The van der Waals surface area contributed by atoms with Gasteiger partial charge in [-0.1, -0.05) is 26.0 Å². The van der Waals surface area contributed by atoms with E-state index in [0.717, 1.165) is 18.2 Å². The first-order valence-corrected chi connectivity index (χ1v) is 8.60. The number of anilines is 1. The zero-order chi connectivity index (χ0) is 17.2. The molecule has 0 saturated carbocycles. The van der Waals surface area contributed by atoms with Crippen molar-refractivity contribution in [2.45, 2.75) is 32.7 Å². The molecule has 0 bridgehead atoms. The van der Waals surface area contributed by atoms with Gasteiger partial charge in [0.15, 0.2) is 0 Å². The van der Waals surface area contributed by atoms with E-state index in [0.29, 0.717) is 12.1 Å². The molecular weight excluding hydrogens is 316 g/mol. The fourth-order valence-electron chi connectivity index (χ4n) is 1.83. The van der Waals surface area contributed by atoms with Gasteiger partial charge in [-0.2, -0.15) is 0 Å². The second-order valence-corrected chi connectivity index (χ2v) is 5.94. The minimum atomic E-state index is -1.06. The highest BCUT2D eigenvalue weighted by Crippen LogP contribution is 2.11. The number of carbonyl (C=O) groups excluding carboxylic acids is 2. The van der Waals surface area contributed by atoms with E-state index in [1.807, 2.05) is 24.3 Å². The van der Waals surface area contributed by atoms with Crippen LogP contribution in [0.1, 0.15) is 25.8 Å². The van der Waals surface area contributed by atoms with Gasteiger partial charge in [-0.15, -0.1) is 11.8 Å². The van der Waals surface area contributed by atoms with Crippen molar-refractivity contribution in [2.75, 3.05) is 16.8 Å². The third kappa shape index (κ3) is 7.19. The highest BCUT2D eigenvalue weighted by atomic mass is 32.2. The number of aliphatic carboxylic acids is 1. The van der Waals surface area contributed by atoms with Crippen molar-refractivity contribution in [3.63, 3.8) is 0 Å². The maximum absolute atomic E-state index is 11.8. The van der Waals surface area contributed by atoms with Crippen molar-refractivity contribution in [1.82, 2.24) is 5.32 Å². The van der Waals surface area contributed by atoms with E-state index >= 15 is 0 Å². The Labute approximate surface area is 140 Å². The molecule has 0 aliphatic rings. The van der Waals surface area contributed by atoms with Crippen LogP contribution in [-0.4, -0.2) is 40.4 Å². The Kier molecular flexibility index (Phi) is 8.18. The van der Waals surface area contributed by atoms with E-state index in [-0.39, 0.29) is 23.3 Å². The average molecular weight is 338 g/mol. The predicted octanol–water partition coefficient (Wildman–Crippen LogP) is 1.90. The maximum Gasteiger partial charge on any atom is 0.326 e. The van der Waals surface area contributed by atoms with Gasteiger partial charge >= 0.3 is 5.97 Å². The van der Waals surface area contributed by atoms with E-state index in [1.54, 1.807) is 6.92 Å². The molecule has 0 aromatic heterocycles. The van der Waals surface area contributed by atoms with Crippen LogP contribution in [0.4, 0.5) is 5.69 Å². The average Bonchev–Trinajstić information content (AvgIpc) is 2.53. The summed E-state index contributed by atoms with van der Waals surface area (Å²) in [5.41, 5.74) is 1.91. The molecule has 1 aromatic rings. The molecule has 1 aromatic carbocycles. The van der Waals surface area contributed by atoms with Gasteiger partial charge in [0.05, 0.1) is 11.5 Å². The fraction of sp³-hybridized carbons (Fsp3) is 0.438. The summed E-state index contributed by atoms with van der Waals surface area (Å²) in [5.74, 6) is -1.46. The number of rotatable bonds is 9. The smallest absolute Gasteiger partial charge is 0.326 e. The number of carbonyl (C=O) groups is 3. The predicted molar refractivity (Wildman–Crippen MR) is 91.6 cm³/mol. The number of carboxylic acids is 1. The highest BCUT2D eigenvalue weighted by molar-refractivity contribution is 8.00. The van der Waals surface area contributed by atoms with E-state index < -0.39 is 12.0 Å². The first kappa shape index (κ1) is 19.0. The molecule has 7 heteroatoms. The number of aryl methyl sites for hydroxylation is 1. The molecule has 126 valence electrons. The number of hydrogen-bond acceptors (Lipinski definition) is 4. The minimum absolute atomic E-state index is 0.0476. The number of hydrogen-bond donors (Lipinski definition) is 3. The van der Waals surface area contributed by atoms with Crippen LogP contribution in [0.2, 0.25) is 0 Å². The monoisotopic (exact) mass is 338 g/mol. The van der Waals surface area contributed by atoms with Gasteiger partial charge in [-0.3, -0.25) is 9.59 Å². The highest BCUT2D eigenvalue weighted by Gasteiger charge is 2.17. The molecule has 1 atom stereocenters. The molecule has 0 aliphatic carbocycles. The van der Waals surface area contributed by atoms with Crippen LogP contribution in [0.5, 0.6) is 0 Å². The molecule has 6 nitrogen and oxygen atoms in total. The largest absolute Gasteiger partial charge is 0.480 e. The molecule has 0 aliphatic heterocycles. The van der Waals surface area contributed by atoms with Crippen LogP contribution in [0.25, 0.3) is 0 Å². The van der Waals surface area contributed by atoms with Gasteiger partial charge < -0.3 is 15.7 Å². The van der Waals surface area contributed by atoms with Crippen molar-refractivity contribution in [3.8, 4) is 0 Å². The summed E-state index contributed by atoms with van der Waals surface area (Å²) in [5, 5.41) is 14.0. The topological polar surface area (TPSA) is 95.5 Å². The van der Waals surface area contributed by atoms with Crippen LogP contribution < -0.4 is 10.6 Å². The van der Waals surface area contributed by atoms with Gasteiger partial charge in [-0.25, -0.2) is 4.79 Å². The van der Waals surface area contributed by atoms with Gasteiger partial charge in [0.1, 0.15) is 6.04 Å². The summed E-state index contributed by atoms with van der Waals surface area (Å²) in [7, 11) is 0. The number of amides is 2. The van der Waals surface area contributed by atoms with Crippen LogP contribution >= 0.6 is 11.8 Å². The molecule has 23 heavy (non-hydrogen) atoms. The standard InChI is InChI=1S/C16H22N2O4S/c1-3-11-5-7-12(8-6-11)17-14(19)9-23-10-15(20)18-13(4-2)16(21)22/h5-8,13H,3-4,9-10H2,1-2H3,(H,17,19)(H,18,20)(H,21,22). The number of nitrogens with one attached hydrogen (secondary N) is 2. The lowest BCUT2D eigenvalue weighted by atomic mass is 10.1. The molecule has 0 saturated heterocycles. The van der Waals surface area contributed by atoms with E-state index in [2.05, 4.69) is 17.6 Å². The lowest BCUT2D eigenvalue weighted by Crippen LogP contribution is -2.41. The normalized spacial score (nSPS) is 11.6. The lowest BCUT2D eigenvalue weighted by Gasteiger charge is -2.11. The Bertz CT molecular complexity index is 546. The summed E-state index contributed by atoms with van der Waals surface area (Å²) in [6.45, 7) is 3.74. The van der Waals surface area contributed by atoms with Crippen LogP contribution in [0.3, 0.4) is 0 Å². The summed E-state index contributed by atoms with van der Waals surface area (Å²) in [6, 6.07) is 6.70. The number of carboxylic acid groups (broad SMARTS) is 1. The molecule has 3 N–H and O–H groups in total. The zero-order valence-electron chi connectivity index (χ0n) is 13.3. The SMILES string of the molecule is CCc1ccc(NC(=O)CSCC(=O)NC(CC)C(=O)O)cc1. The zero-order valence-corrected chi connectivity index (χ0v) is 14.1. The fourth-order valence-corrected chi connectivity index (χ4v) is 2.46. The first-order valence-electron chi connectivity index (χ1n) is 7.45. The quantitative estimate of drug-likeness (QED) is 0.639. The lowest BCUT2D eigenvalue weighted by molar-refractivity contribution is -0.141. The number of benzene rings is 1. The Hall–Kier alpha value is -2.02. The third-order valence-electron chi connectivity index (χ3n) is 3.15. The first-order chi connectivity index (χ1) is 11.0. The van der Waals surface area contributed by atoms with Gasteiger partial charge in [-0.05, 0) is 30.5 Å².